The van der Waals surface area contributed by atoms with Crippen molar-refractivity contribution >= 4 is 5.91 Å². The maximum Gasteiger partial charge on any atom is 0.254 e. The first kappa shape index (κ1) is 19.6. The predicted octanol–water partition coefficient (Wildman–Crippen LogP) is 3.60. The molecule has 0 saturated carbocycles. The number of aryl methyl sites for hydroxylation is 1. The summed E-state index contributed by atoms with van der Waals surface area (Å²) in [7, 11) is 0. The highest BCUT2D eigenvalue weighted by Gasteiger charge is 2.26. The molecular weight excluding hydrogens is 336 g/mol. The minimum absolute atomic E-state index is 0.0259. The van der Waals surface area contributed by atoms with E-state index in [9.17, 15) is 4.79 Å². The molecule has 0 bridgehead atoms. The standard InChI is InChI=1S/C22H32N4O/c1-16-7-9-18(10-8-16)26-15-19(20(25-26)22(2,3)4)21(27)24-13-11-17-6-5-12-23-14-17/h7-10,15,17,23H,5-6,11-14H2,1-4H3,(H,24,27). The van der Waals surface area contributed by atoms with Gasteiger partial charge in [0.2, 0.25) is 0 Å². The van der Waals surface area contributed by atoms with E-state index in [0.29, 0.717) is 18.0 Å². The van der Waals surface area contributed by atoms with Gasteiger partial charge in [0.1, 0.15) is 0 Å². The molecule has 27 heavy (non-hydrogen) atoms. The Balaban J connectivity index is 1.74. The van der Waals surface area contributed by atoms with E-state index in [1.54, 1.807) is 0 Å². The fourth-order valence-corrected chi connectivity index (χ4v) is 3.58. The molecule has 1 unspecified atom stereocenters. The van der Waals surface area contributed by atoms with Crippen LogP contribution in [0.2, 0.25) is 0 Å². The average Bonchev–Trinajstić information content (AvgIpc) is 3.09. The minimum atomic E-state index is -0.199. The molecule has 1 fully saturated rings. The minimum Gasteiger partial charge on any atom is -0.352 e. The number of hydrogen-bond acceptors (Lipinski definition) is 3. The molecule has 1 saturated heterocycles. The molecular formula is C22H32N4O. The smallest absolute Gasteiger partial charge is 0.254 e. The summed E-state index contributed by atoms with van der Waals surface area (Å²) in [6, 6.07) is 8.19. The summed E-state index contributed by atoms with van der Waals surface area (Å²) < 4.78 is 1.82. The van der Waals surface area contributed by atoms with Gasteiger partial charge >= 0.3 is 0 Å². The van der Waals surface area contributed by atoms with E-state index in [0.717, 1.165) is 30.9 Å². The Morgan fingerprint density at radius 1 is 1.30 bits per heavy atom. The summed E-state index contributed by atoms with van der Waals surface area (Å²) in [5, 5.41) is 11.3. The third-order valence-electron chi connectivity index (χ3n) is 5.20. The molecule has 2 aromatic rings. The van der Waals surface area contributed by atoms with E-state index in [1.165, 1.54) is 18.4 Å². The van der Waals surface area contributed by atoms with Gasteiger partial charge in [0, 0.05) is 18.2 Å². The molecule has 0 aliphatic carbocycles. The van der Waals surface area contributed by atoms with Gasteiger partial charge in [0.05, 0.1) is 16.9 Å². The number of hydrogen-bond donors (Lipinski definition) is 2. The van der Waals surface area contributed by atoms with Crippen LogP contribution in [0.1, 0.15) is 61.6 Å². The number of carbonyl (C=O) groups is 1. The Morgan fingerprint density at radius 2 is 2.04 bits per heavy atom. The van der Waals surface area contributed by atoms with Gasteiger partial charge in [0.15, 0.2) is 0 Å². The fraction of sp³-hybridized carbons (Fsp3) is 0.545. The molecule has 3 rings (SSSR count). The summed E-state index contributed by atoms with van der Waals surface area (Å²) in [6.45, 7) is 11.3. The number of benzene rings is 1. The van der Waals surface area contributed by atoms with E-state index >= 15 is 0 Å². The topological polar surface area (TPSA) is 59.0 Å². The third kappa shape index (κ3) is 4.98. The van der Waals surface area contributed by atoms with Crippen molar-refractivity contribution in [3.05, 3.63) is 47.3 Å². The fourth-order valence-electron chi connectivity index (χ4n) is 3.58. The molecule has 1 aromatic heterocycles. The van der Waals surface area contributed by atoms with Crippen LogP contribution in [0.3, 0.4) is 0 Å². The Bertz CT molecular complexity index is 765. The lowest BCUT2D eigenvalue weighted by Crippen LogP contribution is -2.33. The molecule has 1 amide bonds. The van der Waals surface area contributed by atoms with Gasteiger partial charge in [-0.3, -0.25) is 4.79 Å². The van der Waals surface area contributed by atoms with Gasteiger partial charge in [0.25, 0.3) is 5.91 Å². The quantitative estimate of drug-likeness (QED) is 0.848. The Hall–Kier alpha value is -2.14. The van der Waals surface area contributed by atoms with Gasteiger partial charge < -0.3 is 10.6 Å². The maximum atomic E-state index is 12.9. The van der Waals surface area contributed by atoms with Crippen LogP contribution in [0, 0.1) is 12.8 Å². The van der Waals surface area contributed by atoms with E-state index in [4.69, 9.17) is 5.10 Å². The largest absolute Gasteiger partial charge is 0.352 e. The highest BCUT2D eigenvalue weighted by molar-refractivity contribution is 5.95. The number of piperidine rings is 1. The Morgan fingerprint density at radius 3 is 2.67 bits per heavy atom. The highest BCUT2D eigenvalue weighted by Crippen LogP contribution is 2.26. The maximum absolute atomic E-state index is 12.9. The molecule has 5 nitrogen and oxygen atoms in total. The van der Waals surface area contributed by atoms with Crippen molar-refractivity contribution in [2.45, 2.75) is 52.4 Å². The SMILES string of the molecule is Cc1ccc(-n2cc(C(=O)NCCC3CCCNC3)c(C(C)(C)C)n2)cc1. The zero-order chi connectivity index (χ0) is 19.4. The van der Waals surface area contributed by atoms with E-state index in [-0.39, 0.29) is 11.3 Å². The van der Waals surface area contributed by atoms with Gasteiger partial charge in [-0.05, 0) is 57.3 Å². The zero-order valence-electron chi connectivity index (χ0n) is 17.0. The lowest BCUT2D eigenvalue weighted by molar-refractivity contribution is 0.0948. The first-order chi connectivity index (χ1) is 12.8. The summed E-state index contributed by atoms with van der Waals surface area (Å²) in [5.74, 6) is 0.637. The molecule has 1 aliphatic heterocycles. The first-order valence-corrected chi connectivity index (χ1v) is 10.0. The lowest BCUT2D eigenvalue weighted by atomic mass is 9.89. The summed E-state index contributed by atoms with van der Waals surface area (Å²) in [4.78, 5) is 12.9. The number of carbonyl (C=O) groups excluding carboxylic acids is 1. The molecule has 2 N–H and O–H groups in total. The number of amides is 1. The number of aromatic nitrogens is 2. The van der Waals surface area contributed by atoms with E-state index in [1.807, 2.05) is 23.0 Å². The van der Waals surface area contributed by atoms with Crippen LogP contribution >= 0.6 is 0 Å². The summed E-state index contributed by atoms with van der Waals surface area (Å²) in [6.07, 6.45) is 5.37. The Kier molecular flexibility index (Phi) is 6.00. The molecule has 0 spiro atoms. The van der Waals surface area contributed by atoms with Gasteiger partial charge in [-0.1, -0.05) is 38.5 Å². The predicted molar refractivity (Wildman–Crippen MR) is 110 cm³/mol. The first-order valence-electron chi connectivity index (χ1n) is 10.0. The number of rotatable bonds is 5. The van der Waals surface area contributed by atoms with Crippen LogP contribution in [0.5, 0.6) is 0 Å². The molecule has 1 aliphatic rings. The molecule has 146 valence electrons. The van der Waals surface area contributed by atoms with Crippen molar-refractivity contribution in [1.82, 2.24) is 20.4 Å². The molecule has 5 heteroatoms. The second kappa shape index (κ2) is 8.26. The van der Waals surface area contributed by atoms with Crippen LogP contribution in [0.25, 0.3) is 5.69 Å². The molecule has 1 atom stereocenters. The number of nitrogens with zero attached hydrogens (tertiary/aromatic N) is 2. The van der Waals surface area contributed by atoms with Crippen molar-refractivity contribution < 1.29 is 4.79 Å². The van der Waals surface area contributed by atoms with Crippen molar-refractivity contribution in [3.8, 4) is 5.69 Å². The van der Waals surface area contributed by atoms with Crippen molar-refractivity contribution in [2.24, 2.45) is 5.92 Å². The molecule has 0 radical (unpaired) electrons. The van der Waals surface area contributed by atoms with Crippen LogP contribution in [0.4, 0.5) is 0 Å². The second-order valence-electron chi connectivity index (χ2n) is 8.68. The third-order valence-corrected chi connectivity index (χ3v) is 5.20. The molecule has 1 aromatic carbocycles. The van der Waals surface area contributed by atoms with Gasteiger partial charge in [-0.2, -0.15) is 5.10 Å². The Labute approximate surface area is 162 Å². The zero-order valence-corrected chi connectivity index (χ0v) is 17.0. The van der Waals surface area contributed by atoms with Crippen LogP contribution < -0.4 is 10.6 Å². The van der Waals surface area contributed by atoms with Gasteiger partial charge in [-0.25, -0.2) is 4.68 Å². The normalized spacial score (nSPS) is 17.7. The van der Waals surface area contributed by atoms with Crippen molar-refractivity contribution in [1.29, 1.82) is 0 Å². The highest BCUT2D eigenvalue weighted by atomic mass is 16.1. The number of nitrogens with one attached hydrogen (secondary N) is 2. The average molecular weight is 369 g/mol. The lowest BCUT2D eigenvalue weighted by Gasteiger charge is -2.22. The van der Waals surface area contributed by atoms with Crippen LogP contribution in [-0.4, -0.2) is 35.3 Å². The molecule has 2 heterocycles. The monoisotopic (exact) mass is 368 g/mol. The van der Waals surface area contributed by atoms with Crippen LogP contribution in [0.15, 0.2) is 30.5 Å². The summed E-state index contributed by atoms with van der Waals surface area (Å²) >= 11 is 0. The van der Waals surface area contributed by atoms with Crippen LogP contribution in [-0.2, 0) is 5.41 Å². The van der Waals surface area contributed by atoms with E-state index in [2.05, 4.69) is 50.5 Å². The van der Waals surface area contributed by atoms with E-state index < -0.39 is 0 Å². The van der Waals surface area contributed by atoms with Gasteiger partial charge in [-0.15, -0.1) is 0 Å². The summed E-state index contributed by atoms with van der Waals surface area (Å²) in [5.41, 5.74) is 3.48. The van der Waals surface area contributed by atoms with Crippen molar-refractivity contribution in [3.63, 3.8) is 0 Å². The second-order valence-corrected chi connectivity index (χ2v) is 8.68. The van der Waals surface area contributed by atoms with Crippen molar-refractivity contribution in [2.75, 3.05) is 19.6 Å².